The highest BCUT2D eigenvalue weighted by Crippen LogP contribution is 2.35. The lowest BCUT2D eigenvalue weighted by molar-refractivity contribution is 0.347. The van der Waals surface area contributed by atoms with Crippen LogP contribution in [-0.4, -0.2) is 21.3 Å². The van der Waals surface area contributed by atoms with E-state index in [-0.39, 0.29) is 0 Å². The van der Waals surface area contributed by atoms with Crippen LogP contribution in [0.5, 0.6) is 17.2 Å². The average molecular weight is 301 g/mol. The summed E-state index contributed by atoms with van der Waals surface area (Å²) in [5, 5.41) is 3.43. The van der Waals surface area contributed by atoms with Gasteiger partial charge in [-0.05, 0) is 43.2 Å². The van der Waals surface area contributed by atoms with Crippen molar-refractivity contribution in [3.05, 3.63) is 47.0 Å². The second-order valence-corrected chi connectivity index (χ2v) is 5.25. The lowest BCUT2D eigenvalue weighted by atomic mass is 10.1. The maximum atomic E-state index is 5.45. The van der Waals surface area contributed by atoms with E-state index in [0.717, 1.165) is 17.0 Å². The maximum Gasteiger partial charge on any atom is 0.164 e. The Bertz CT molecular complexity index is 633. The number of ether oxygens (including phenoxy) is 3. The minimum atomic E-state index is 0.645. The van der Waals surface area contributed by atoms with Gasteiger partial charge >= 0.3 is 0 Å². The van der Waals surface area contributed by atoms with Crippen LogP contribution in [0.4, 0.5) is 5.69 Å². The molecule has 0 saturated heterocycles. The molecule has 2 aromatic rings. The Labute approximate surface area is 132 Å². The predicted molar refractivity (Wildman–Crippen MR) is 89.3 cm³/mol. The maximum absolute atomic E-state index is 5.45. The van der Waals surface area contributed by atoms with Crippen molar-refractivity contribution in [1.29, 1.82) is 0 Å². The first-order valence-corrected chi connectivity index (χ1v) is 7.18. The summed E-state index contributed by atoms with van der Waals surface area (Å²) in [7, 11) is 4.90. The summed E-state index contributed by atoms with van der Waals surface area (Å²) in [6.45, 7) is 4.83. The predicted octanol–water partition coefficient (Wildman–Crippen LogP) is 3.94. The van der Waals surface area contributed by atoms with Crippen molar-refractivity contribution in [1.82, 2.24) is 0 Å². The summed E-state index contributed by atoms with van der Waals surface area (Å²) in [6.07, 6.45) is 0. The number of benzene rings is 2. The molecule has 0 amide bonds. The van der Waals surface area contributed by atoms with Crippen LogP contribution >= 0.6 is 0 Å². The van der Waals surface area contributed by atoms with Crippen molar-refractivity contribution < 1.29 is 14.2 Å². The SMILES string of the molecule is COc1cc(OC)c(OC)cc1CNc1cc(C)cc(C)c1. The van der Waals surface area contributed by atoms with Crippen LogP contribution in [-0.2, 0) is 6.54 Å². The molecular formula is C18H23NO3. The Hall–Kier alpha value is -2.36. The Balaban J connectivity index is 2.24. The fourth-order valence-electron chi connectivity index (χ4n) is 2.50. The molecule has 0 saturated carbocycles. The van der Waals surface area contributed by atoms with Gasteiger partial charge in [0.1, 0.15) is 5.75 Å². The van der Waals surface area contributed by atoms with Crippen molar-refractivity contribution in [3.8, 4) is 17.2 Å². The first kappa shape index (κ1) is 16.0. The lowest BCUT2D eigenvalue weighted by Gasteiger charge is -2.15. The van der Waals surface area contributed by atoms with Gasteiger partial charge in [-0.25, -0.2) is 0 Å². The second kappa shape index (κ2) is 7.07. The third kappa shape index (κ3) is 3.64. The van der Waals surface area contributed by atoms with E-state index < -0.39 is 0 Å². The fourth-order valence-corrected chi connectivity index (χ4v) is 2.50. The van der Waals surface area contributed by atoms with Gasteiger partial charge in [-0.1, -0.05) is 6.07 Å². The fraction of sp³-hybridized carbons (Fsp3) is 0.333. The molecule has 22 heavy (non-hydrogen) atoms. The number of nitrogens with one attached hydrogen (secondary N) is 1. The summed E-state index contributed by atoms with van der Waals surface area (Å²) in [5.74, 6) is 2.13. The van der Waals surface area contributed by atoms with Crippen LogP contribution in [0, 0.1) is 13.8 Å². The molecule has 2 aromatic carbocycles. The molecule has 0 fully saturated rings. The smallest absolute Gasteiger partial charge is 0.164 e. The van der Waals surface area contributed by atoms with Crippen molar-refractivity contribution in [2.75, 3.05) is 26.6 Å². The van der Waals surface area contributed by atoms with E-state index >= 15 is 0 Å². The largest absolute Gasteiger partial charge is 0.496 e. The molecule has 0 aromatic heterocycles. The van der Waals surface area contributed by atoms with Gasteiger partial charge in [0.25, 0.3) is 0 Å². The second-order valence-electron chi connectivity index (χ2n) is 5.25. The summed E-state index contributed by atoms with van der Waals surface area (Å²) in [6, 6.07) is 10.2. The van der Waals surface area contributed by atoms with Gasteiger partial charge in [0.15, 0.2) is 11.5 Å². The van der Waals surface area contributed by atoms with Crippen molar-refractivity contribution in [3.63, 3.8) is 0 Å². The first-order chi connectivity index (χ1) is 10.6. The van der Waals surface area contributed by atoms with Crippen molar-refractivity contribution >= 4 is 5.69 Å². The number of hydrogen-bond donors (Lipinski definition) is 1. The molecule has 0 aliphatic heterocycles. The normalized spacial score (nSPS) is 10.2. The Kier molecular flexibility index (Phi) is 5.15. The number of methoxy groups -OCH3 is 3. The van der Waals surface area contributed by atoms with E-state index in [1.165, 1.54) is 11.1 Å². The van der Waals surface area contributed by atoms with Gasteiger partial charge in [0.2, 0.25) is 0 Å². The van der Waals surface area contributed by atoms with E-state index in [0.29, 0.717) is 18.0 Å². The third-order valence-electron chi connectivity index (χ3n) is 3.49. The van der Waals surface area contributed by atoms with E-state index in [1.54, 1.807) is 21.3 Å². The summed E-state index contributed by atoms with van der Waals surface area (Å²) in [5.41, 5.74) is 4.58. The molecule has 0 bridgehead atoms. The molecule has 4 nitrogen and oxygen atoms in total. The third-order valence-corrected chi connectivity index (χ3v) is 3.49. The molecule has 0 heterocycles. The molecule has 2 rings (SSSR count). The summed E-state index contributed by atoms with van der Waals surface area (Å²) in [4.78, 5) is 0. The molecule has 0 radical (unpaired) electrons. The van der Waals surface area contributed by atoms with E-state index in [4.69, 9.17) is 14.2 Å². The van der Waals surface area contributed by atoms with Crippen LogP contribution in [0.25, 0.3) is 0 Å². The van der Waals surface area contributed by atoms with Gasteiger partial charge in [-0.2, -0.15) is 0 Å². The Morgan fingerprint density at radius 3 is 1.82 bits per heavy atom. The lowest BCUT2D eigenvalue weighted by Crippen LogP contribution is -2.03. The minimum Gasteiger partial charge on any atom is -0.496 e. The topological polar surface area (TPSA) is 39.7 Å². The number of aryl methyl sites for hydroxylation is 2. The summed E-state index contributed by atoms with van der Waals surface area (Å²) >= 11 is 0. The van der Waals surface area contributed by atoms with Gasteiger partial charge in [0.05, 0.1) is 21.3 Å². The molecule has 0 unspecified atom stereocenters. The molecule has 0 atom stereocenters. The highest BCUT2D eigenvalue weighted by molar-refractivity contribution is 5.53. The van der Waals surface area contributed by atoms with Gasteiger partial charge in [0, 0.05) is 23.9 Å². The average Bonchev–Trinajstić information content (AvgIpc) is 2.51. The van der Waals surface area contributed by atoms with E-state index in [1.807, 2.05) is 12.1 Å². The van der Waals surface area contributed by atoms with Crippen molar-refractivity contribution in [2.45, 2.75) is 20.4 Å². The summed E-state index contributed by atoms with van der Waals surface area (Å²) < 4.78 is 16.1. The van der Waals surface area contributed by atoms with Crippen LogP contribution in [0.15, 0.2) is 30.3 Å². The molecule has 0 spiro atoms. The zero-order valence-electron chi connectivity index (χ0n) is 13.8. The zero-order valence-corrected chi connectivity index (χ0v) is 13.8. The standard InChI is InChI=1S/C18H23NO3/c1-12-6-13(2)8-15(7-12)19-11-14-9-17(21-4)18(22-5)10-16(14)20-3/h6-10,19H,11H2,1-5H3. The van der Waals surface area contributed by atoms with Gasteiger partial charge < -0.3 is 19.5 Å². The molecule has 1 N–H and O–H groups in total. The van der Waals surface area contributed by atoms with Gasteiger partial charge in [-0.15, -0.1) is 0 Å². The highest BCUT2D eigenvalue weighted by atomic mass is 16.5. The van der Waals surface area contributed by atoms with E-state index in [9.17, 15) is 0 Å². The van der Waals surface area contributed by atoms with E-state index in [2.05, 4.69) is 37.4 Å². The quantitative estimate of drug-likeness (QED) is 0.877. The van der Waals surface area contributed by atoms with Crippen LogP contribution in [0.1, 0.15) is 16.7 Å². The van der Waals surface area contributed by atoms with Crippen LogP contribution in [0.3, 0.4) is 0 Å². The van der Waals surface area contributed by atoms with Gasteiger partial charge in [-0.3, -0.25) is 0 Å². The number of anilines is 1. The molecule has 0 aliphatic carbocycles. The molecule has 0 aliphatic rings. The number of rotatable bonds is 6. The Morgan fingerprint density at radius 2 is 1.27 bits per heavy atom. The first-order valence-electron chi connectivity index (χ1n) is 7.18. The Morgan fingerprint density at radius 1 is 0.727 bits per heavy atom. The minimum absolute atomic E-state index is 0.645. The highest BCUT2D eigenvalue weighted by Gasteiger charge is 2.11. The monoisotopic (exact) mass is 301 g/mol. The van der Waals surface area contributed by atoms with Crippen molar-refractivity contribution in [2.24, 2.45) is 0 Å². The molecular weight excluding hydrogens is 278 g/mol. The molecule has 118 valence electrons. The molecule has 4 heteroatoms. The number of hydrogen-bond acceptors (Lipinski definition) is 4. The van der Waals surface area contributed by atoms with Crippen LogP contribution in [0.2, 0.25) is 0 Å². The van der Waals surface area contributed by atoms with Crippen LogP contribution < -0.4 is 19.5 Å². The zero-order chi connectivity index (χ0) is 16.1.